The molecule has 0 unspecified atom stereocenters. The Morgan fingerprint density at radius 1 is 1.24 bits per heavy atom. The SMILES string of the molecule is Cc1ncccc1-c1nc2ccc(N)cc2s1. The van der Waals surface area contributed by atoms with Crippen molar-refractivity contribution in [3.8, 4) is 10.6 Å². The molecule has 3 nitrogen and oxygen atoms in total. The Hall–Kier alpha value is -1.94. The molecule has 0 saturated carbocycles. The van der Waals surface area contributed by atoms with Crippen LogP contribution in [0.4, 0.5) is 5.69 Å². The fraction of sp³-hybridized carbons (Fsp3) is 0.0769. The van der Waals surface area contributed by atoms with Crippen LogP contribution in [-0.4, -0.2) is 9.97 Å². The molecule has 0 bridgehead atoms. The Kier molecular flexibility index (Phi) is 2.30. The number of nitrogens with zero attached hydrogens (tertiary/aromatic N) is 2. The Balaban J connectivity index is 2.22. The van der Waals surface area contributed by atoms with E-state index in [-0.39, 0.29) is 0 Å². The third-order valence-electron chi connectivity index (χ3n) is 2.65. The zero-order valence-corrected chi connectivity index (χ0v) is 10.2. The Morgan fingerprint density at radius 3 is 2.94 bits per heavy atom. The lowest BCUT2D eigenvalue weighted by Gasteiger charge is -1.98. The van der Waals surface area contributed by atoms with Crippen molar-refractivity contribution in [3.05, 3.63) is 42.2 Å². The molecule has 2 heterocycles. The molecule has 1 aromatic carbocycles. The van der Waals surface area contributed by atoms with Gasteiger partial charge in [-0.2, -0.15) is 0 Å². The summed E-state index contributed by atoms with van der Waals surface area (Å²) in [5, 5.41) is 0.996. The van der Waals surface area contributed by atoms with Crippen molar-refractivity contribution < 1.29 is 0 Å². The van der Waals surface area contributed by atoms with E-state index >= 15 is 0 Å². The minimum atomic E-state index is 0.774. The number of fused-ring (bicyclic) bond motifs is 1. The number of nitrogen functional groups attached to an aromatic ring is 1. The summed E-state index contributed by atoms with van der Waals surface area (Å²) in [6, 6.07) is 9.77. The number of anilines is 1. The van der Waals surface area contributed by atoms with Crippen LogP contribution in [0.15, 0.2) is 36.5 Å². The average molecular weight is 241 g/mol. The van der Waals surface area contributed by atoms with Crippen LogP contribution in [0.3, 0.4) is 0 Å². The number of benzene rings is 1. The van der Waals surface area contributed by atoms with Gasteiger partial charge in [0.05, 0.1) is 10.2 Å². The maximum Gasteiger partial charge on any atom is 0.126 e. The molecule has 84 valence electrons. The predicted octanol–water partition coefficient (Wildman–Crippen LogP) is 3.25. The Bertz CT molecular complexity index is 688. The zero-order chi connectivity index (χ0) is 11.8. The molecule has 3 aromatic rings. The van der Waals surface area contributed by atoms with Crippen molar-refractivity contribution >= 4 is 27.2 Å². The Morgan fingerprint density at radius 2 is 2.12 bits per heavy atom. The number of pyridine rings is 1. The molecule has 0 aliphatic carbocycles. The molecule has 0 fully saturated rings. The monoisotopic (exact) mass is 241 g/mol. The minimum Gasteiger partial charge on any atom is -0.399 e. The zero-order valence-electron chi connectivity index (χ0n) is 9.34. The highest BCUT2D eigenvalue weighted by Gasteiger charge is 2.08. The van der Waals surface area contributed by atoms with Gasteiger partial charge in [-0.3, -0.25) is 4.98 Å². The third kappa shape index (κ3) is 1.76. The highest BCUT2D eigenvalue weighted by atomic mass is 32.1. The topological polar surface area (TPSA) is 51.8 Å². The second-order valence-corrected chi connectivity index (χ2v) is 4.91. The first-order valence-corrected chi connectivity index (χ1v) is 6.14. The van der Waals surface area contributed by atoms with Crippen LogP contribution in [0, 0.1) is 6.92 Å². The van der Waals surface area contributed by atoms with Gasteiger partial charge in [0, 0.05) is 23.1 Å². The van der Waals surface area contributed by atoms with Gasteiger partial charge in [0.1, 0.15) is 5.01 Å². The van der Waals surface area contributed by atoms with Crippen molar-refractivity contribution in [1.82, 2.24) is 9.97 Å². The number of hydrogen-bond acceptors (Lipinski definition) is 4. The van der Waals surface area contributed by atoms with E-state index in [2.05, 4.69) is 9.97 Å². The van der Waals surface area contributed by atoms with Crippen molar-refractivity contribution in [2.24, 2.45) is 0 Å². The Labute approximate surface area is 103 Å². The van der Waals surface area contributed by atoms with E-state index in [1.165, 1.54) is 0 Å². The lowest BCUT2D eigenvalue weighted by Crippen LogP contribution is -1.85. The van der Waals surface area contributed by atoms with Crippen molar-refractivity contribution in [1.29, 1.82) is 0 Å². The quantitative estimate of drug-likeness (QED) is 0.665. The van der Waals surface area contributed by atoms with E-state index in [1.807, 2.05) is 37.3 Å². The molecule has 17 heavy (non-hydrogen) atoms. The van der Waals surface area contributed by atoms with Gasteiger partial charge in [0.25, 0.3) is 0 Å². The molecule has 3 rings (SSSR count). The summed E-state index contributed by atoms with van der Waals surface area (Å²) in [5.74, 6) is 0. The summed E-state index contributed by atoms with van der Waals surface area (Å²) in [6.07, 6.45) is 1.80. The summed E-state index contributed by atoms with van der Waals surface area (Å²) in [7, 11) is 0. The lowest BCUT2D eigenvalue weighted by atomic mass is 10.2. The molecule has 0 spiro atoms. The first-order valence-electron chi connectivity index (χ1n) is 5.32. The fourth-order valence-corrected chi connectivity index (χ4v) is 2.86. The first kappa shape index (κ1) is 10.2. The number of hydrogen-bond donors (Lipinski definition) is 1. The molecule has 0 atom stereocenters. The highest BCUT2D eigenvalue weighted by Crippen LogP contribution is 2.32. The summed E-state index contributed by atoms with van der Waals surface area (Å²) in [5.41, 5.74) is 9.62. The normalized spacial score (nSPS) is 10.9. The van der Waals surface area contributed by atoms with E-state index in [1.54, 1.807) is 17.5 Å². The molecular weight excluding hydrogens is 230 g/mol. The number of thiazole rings is 1. The minimum absolute atomic E-state index is 0.774. The molecule has 0 saturated heterocycles. The van der Waals surface area contributed by atoms with E-state index in [9.17, 15) is 0 Å². The summed E-state index contributed by atoms with van der Waals surface area (Å²) >= 11 is 1.65. The number of aryl methyl sites for hydroxylation is 1. The van der Waals surface area contributed by atoms with E-state index in [4.69, 9.17) is 5.73 Å². The second-order valence-electron chi connectivity index (χ2n) is 3.88. The third-order valence-corrected chi connectivity index (χ3v) is 3.70. The number of aromatic nitrogens is 2. The molecule has 0 aliphatic rings. The first-order chi connectivity index (χ1) is 8.24. The van der Waals surface area contributed by atoms with E-state index in [0.717, 1.165) is 32.2 Å². The molecule has 0 amide bonds. The van der Waals surface area contributed by atoms with E-state index < -0.39 is 0 Å². The van der Waals surface area contributed by atoms with Crippen molar-refractivity contribution in [3.63, 3.8) is 0 Å². The molecule has 0 aliphatic heterocycles. The van der Waals surface area contributed by atoms with Crippen molar-refractivity contribution in [2.45, 2.75) is 6.92 Å². The van der Waals surface area contributed by atoms with Gasteiger partial charge < -0.3 is 5.73 Å². The van der Waals surface area contributed by atoms with Crippen LogP contribution in [-0.2, 0) is 0 Å². The van der Waals surface area contributed by atoms with Gasteiger partial charge in [-0.1, -0.05) is 0 Å². The molecule has 0 radical (unpaired) electrons. The fourth-order valence-electron chi connectivity index (χ4n) is 1.77. The second kappa shape index (κ2) is 3.82. The van der Waals surface area contributed by atoms with Crippen LogP contribution < -0.4 is 5.73 Å². The largest absolute Gasteiger partial charge is 0.399 e. The lowest BCUT2D eigenvalue weighted by molar-refractivity contribution is 1.20. The summed E-state index contributed by atoms with van der Waals surface area (Å²) < 4.78 is 1.11. The van der Waals surface area contributed by atoms with Crippen LogP contribution in [0.25, 0.3) is 20.8 Å². The highest BCUT2D eigenvalue weighted by molar-refractivity contribution is 7.21. The van der Waals surface area contributed by atoms with Gasteiger partial charge in [0.15, 0.2) is 0 Å². The smallest absolute Gasteiger partial charge is 0.126 e. The van der Waals surface area contributed by atoms with Gasteiger partial charge >= 0.3 is 0 Å². The standard InChI is InChI=1S/C13H11N3S/c1-8-10(3-2-6-15-8)13-16-11-5-4-9(14)7-12(11)17-13/h2-7H,14H2,1H3. The maximum absolute atomic E-state index is 5.77. The van der Waals surface area contributed by atoms with Crippen LogP contribution in [0.1, 0.15) is 5.69 Å². The van der Waals surface area contributed by atoms with Gasteiger partial charge in [-0.15, -0.1) is 11.3 Å². The summed E-state index contributed by atoms with van der Waals surface area (Å²) in [4.78, 5) is 8.89. The van der Waals surface area contributed by atoms with Crippen LogP contribution in [0.5, 0.6) is 0 Å². The molecule has 2 aromatic heterocycles. The number of rotatable bonds is 1. The van der Waals surface area contributed by atoms with Gasteiger partial charge in [-0.05, 0) is 37.3 Å². The molecule has 4 heteroatoms. The van der Waals surface area contributed by atoms with Gasteiger partial charge in [0.2, 0.25) is 0 Å². The van der Waals surface area contributed by atoms with E-state index in [0.29, 0.717) is 0 Å². The molecular formula is C13H11N3S. The average Bonchev–Trinajstić information content (AvgIpc) is 2.72. The maximum atomic E-state index is 5.77. The number of nitrogens with two attached hydrogens (primary N) is 1. The van der Waals surface area contributed by atoms with Crippen LogP contribution >= 0.6 is 11.3 Å². The van der Waals surface area contributed by atoms with Crippen LogP contribution in [0.2, 0.25) is 0 Å². The predicted molar refractivity (Wildman–Crippen MR) is 72.0 cm³/mol. The molecule has 2 N–H and O–H groups in total. The summed E-state index contributed by atoms with van der Waals surface area (Å²) in [6.45, 7) is 2.00. The van der Waals surface area contributed by atoms with Gasteiger partial charge in [-0.25, -0.2) is 4.98 Å². The van der Waals surface area contributed by atoms with Crippen molar-refractivity contribution in [2.75, 3.05) is 5.73 Å².